The lowest BCUT2D eigenvalue weighted by atomic mass is 9.99. The van der Waals surface area contributed by atoms with Crippen molar-refractivity contribution < 1.29 is 0 Å². The normalized spacial score (nSPS) is 21.9. The average Bonchev–Trinajstić information content (AvgIpc) is 2.74. The fraction of sp³-hybridized carbons (Fsp3) is 0.769. The van der Waals surface area contributed by atoms with Crippen LogP contribution in [0.5, 0.6) is 0 Å². The van der Waals surface area contributed by atoms with E-state index in [4.69, 9.17) is 0 Å². The van der Waals surface area contributed by atoms with Crippen LogP contribution in [0.2, 0.25) is 0 Å². The first-order chi connectivity index (χ1) is 8.31. The summed E-state index contributed by atoms with van der Waals surface area (Å²) in [5.74, 6) is 1.18. The third-order valence-electron chi connectivity index (χ3n) is 3.74. The summed E-state index contributed by atoms with van der Waals surface area (Å²) in [5.41, 5.74) is 0. The molecule has 0 radical (unpaired) electrons. The minimum atomic E-state index is 0.730. The minimum Gasteiger partial charge on any atom is -0.337 e. The number of nitrogens with zero attached hydrogens (tertiary/aromatic N) is 3. The van der Waals surface area contributed by atoms with Gasteiger partial charge < -0.3 is 9.88 Å². The van der Waals surface area contributed by atoms with Gasteiger partial charge >= 0.3 is 0 Å². The standard InChI is InChI=1S/C13H24N4/c1-14-7-6-12-5-3-4-9-17(12)11-13-15-8-10-16(13)2/h8,10,12,14H,3-7,9,11H2,1-2H3. The summed E-state index contributed by atoms with van der Waals surface area (Å²) in [7, 11) is 4.11. The van der Waals surface area contributed by atoms with Crippen LogP contribution >= 0.6 is 0 Å². The van der Waals surface area contributed by atoms with E-state index < -0.39 is 0 Å². The highest BCUT2D eigenvalue weighted by Crippen LogP contribution is 2.21. The van der Waals surface area contributed by atoms with Gasteiger partial charge in [-0.1, -0.05) is 6.42 Å². The van der Waals surface area contributed by atoms with Gasteiger partial charge in [-0.05, 0) is 39.4 Å². The zero-order chi connectivity index (χ0) is 12.1. The Labute approximate surface area is 104 Å². The van der Waals surface area contributed by atoms with Gasteiger partial charge in [0.25, 0.3) is 0 Å². The second kappa shape index (κ2) is 6.17. The van der Waals surface area contributed by atoms with Crippen LogP contribution in [0.25, 0.3) is 0 Å². The largest absolute Gasteiger partial charge is 0.337 e. The fourth-order valence-corrected chi connectivity index (χ4v) is 2.64. The molecule has 96 valence electrons. The maximum absolute atomic E-state index is 4.43. The molecular formula is C13H24N4. The Morgan fingerprint density at radius 3 is 3.06 bits per heavy atom. The molecule has 1 aliphatic heterocycles. The zero-order valence-electron chi connectivity index (χ0n) is 11.0. The molecule has 4 heteroatoms. The number of nitrogens with one attached hydrogen (secondary N) is 1. The number of piperidine rings is 1. The number of hydrogen-bond acceptors (Lipinski definition) is 3. The van der Waals surface area contributed by atoms with Crippen LogP contribution in [0.3, 0.4) is 0 Å². The van der Waals surface area contributed by atoms with E-state index in [-0.39, 0.29) is 0 Å². The highest BCUT2D eigenvalue weighted by molar-refractivity contribution is 4.92. The van der Waals surface area contributed by atoms with Gasteiger partial charge in [0.15, 0.2) is 0 Å². The molecule has 1 aliphatic rings. The Hall–Kier alpha value is -0.870. The molecular weight excluding hydrogens is 212 g/mol. The van der Waals surface area contributed by atoms with Gasteiger partial charge in [-0.3, -0.25) is 4.90 Å². The number of rotatable bonds is 5. The lowest BCUT2D eigenvalue weighted by molar-refractivity contribution is 0.128. The van der Waals surface area contributed by atoms with E-state index >= 15 is 0 Å². The molecule has 0 saturated carbocycles. The zero-order valence-corrected chi connectivity index (χ0v) is 11.0. The van der Waals surface area contributed by atoms with Gasteiger partial charge in [0.1, 0.15) is 5.82 Å². The van der Waals surface area contributed by atoms with E-state index in [1.54, 1.807) is 0 Å². The topological polar surface area (TPSA) is 33.1 Å². The molecule has 0 spiro atoms. The third-order valence-corrected chi connectivity index (χ3v) is 3.74. The lowest BCUT2D eigenvalue weighted by Gasteiger charge is -2.35. The maximum Gasteiger partial charge on any atom is 0.122 e. The minimum absolute atomic E-state index is 0.730. The van der Waals surface area contributed by atoms with Crippen LogP contribution in [0.15, 0.2) is 12.4 Å². The highest BCUT2D eigenvalue weighted by Gasteiger charge is 2.22. The molecule has 1 atom stereocenters. The predicted molar refractivity (Wildman–Crippen MR) is 69.8 cm³/mol. The summed E-state index contributed by atoms with van der Waals surface area (Å²) in [6, 6.07) is 0.730. The molecule has 1 aromatic heterocycles. The molecule has 2 heterocycles. The lowest BCUT2D eigenvalue weighted by Crippen LogP contribution is -2.40. The van der Waals surface area contributed by atoms with Crippen LogP contribution in [-0.4, -0.2) is 40.6 Å². The van der Waals surface area contributed by atoms with Crippen LogP contribution < -0.4 is 5.32 Å². The second-order valence-corrected chi connectivity index (χ2v) is 4.97. The van der Waals surface area contributed by atoms with Crippen molar-refractivity contribution in [3.63, 3.8) is 0 Å². The van der Waals surface area contributed by atoms with Crippen molar-refractivity contribution in [2.75, 3.05) is 20.1 Å². The molecule has 17 heavy (non-hydrogen) atoms. The number of aryl methyl sites for hydroxylation is 1. The first-order valence-corrected chi connectivity index (χ1v) is 6.66. The number of imidazole rings is 1. The van der Waals surface area contributed by atoms with Crippen molar-refractivity contribution in [2.45, 2.75) is 38.3 Å². The van der Waals surface area contributed by atoms with Crippen molar-refractivity contribution in [1.29, 1.82) is 0 Å². The number of aromatic nitrogens is 2. The van der Waals surface area contributed by atoms with Crippen molar-refractivity contribution in [2.24, 2.45) is 7.05 Å². The van der Waals surface area contributed by atoms with E-state index in [0.717, 1.165) is 19.1 Å². The molecule has 0 aliphatic carbocycles. The monoisotopic (exact) mass is 236 g/mol. The number of likely N-dealkylation sites (tertiary alicyclic amines) is 1. The summed E-state index contributed by atoms with van der Waals surface area (Å²) in [6.07, 6.45) is 9.22. The smallest absolute Gasteiger partial charge is 0.122 e. The highest BCUT2D eigenvalue weighted by atomic mass is 15.2. The molecule has 1 aromatic rings. The molecule has 1 unspecified atom stereocenters. The Kier molecular flexibility index (Phi) is 4.57. The van der Waals surface area contributed by atoms with Crippen molar-refractivity contribution in [3.8, 4) is 0 Å². The van der Waals surface area contributed by atoms with Gasteiger partial charge in [-0.25, -0.2) is 4.98 Å². The summed E-state index contributed by atoms with van der Waals surface area (Å²) < 4.78 is 2.13. The Balaban J connectivity index is 1.94. The summed E-state index contributed by atoms with van der Waals surface area (Å²) in [5, 5.41) is 3.26. The van der Waals surface area contributed by atoms with Gasteiger partial charge in [0, 0.05) is 25.5 Å². The quantitative estimate of drug-likeness (QED) is 0.838. The Bertz CT molecular complexity index is 334. The molecule has 1 N–H and O–H groups in total. The van der Waals surface area contributed by atoms with Gasteiger partial charge in [0.2, 0.25) is 0 Å². The molecule has 1 saturated heterocycles. The maximum atomic E-state index is 4.43. The van der Waals surface area contributed by atoms with E-state index in [2.05, 4.69) is 26.8 Å². The second-order valence-electron chi connectivity index (χ2n) is 4.97. The summed E-state index contributed by atoms with van der Waals surface area (Å²) in [6.45, 7) is 3.33. The van der Waals surface area contributed by atoms with Crippen molar-refractivity contribution in [1.82, 2.24) is 19.8 Å². The molecule has 0 aromatic carbocycles. The summed E-state index contributed by atoms with van der Waals surface area (Å²) >= 11 is 0. The average molecular weight is 236 g/mol. The van der Waals surface area contributed by atoms with Crippen molar-refractivity contribution >= 4 is 0 Å². The van der Waals surface area contributed by atoms with Crippen molar-refractivity contribution in [3.05, 3.63) is 18.2 Å². The van der Waals surface area contributed by atoms with Gasteiger partial charge in [-0.15, -0.1) is 0 Å². The Morgan fingerprint density at radius 1 is 1.47 bits per heavy atom. The van der Waals surface area contributed by atoms with Crippen LogP contribution in [0, 0.1) is 0 Å². The molecule has 2 rings (SSSR count). The molecule has 0 bridgehead atoms. The summed E-state index contributed by atoms with van der Waals surface area (Å²) in [4.78, 5) is 7.03. The first kappa shape index (κ1) is 12.6. The Morgan fingerprint density at radius 2 is 2.35 bits per heavy atom. The van der Waals surface area contributed by atoms with Crippen LogP contribution in [0.4, 0.5) is 0 Å². The van der Waals surface area contributed by atoms with E-state index in [1.165, 1.54) is 38.1 Å². The van der Waals surface area contributed by atoms with Gasteiger partial charge in [0.05, 0.1) is 6.54 Å². The van der Waals surface area contributed by atoms with E-state index in [9.17, 15) is 0 Å². The molecule has 0 amide bonds. The fourth-order valence-electron chi connectivity index (χ4n) is 2.64. The third kappa shape index (κ3) is 3.30. The molecule has 4 nitrogen and oxygen atoms in total. The first-order valence-electron chi connectivity index (χ1n) is 6.66. The SMILES string of the molecule is CNCCC1CCCCN1Cc1nccn1C. The van der Waals surface area contributed by atoms with Crippen LogP contribution in [0.1, 0.15) is 31.5 Å². The molecule has 1 fully saturated rings. The van der Waals surface area contributed by atoms with E-state index in [1.807, 2.05) is 19.4 Å². The predicted octanol–water partition coefficient (Wildman–Crippen LogP) is 1.38. The van der Waals surface area contributed by atoms with Gasteiger partial charge in [-0.2, -0.15) is 0 Å². The number of hydrogen-bond donors (Lipinski definition) is 1. The van der Waals surface area contributed by atoms with Crippen LogP contribution in [-0.2, 0) is 13.6 Å². The van der Waals surface area contributed by atoms with E-state index in [0.29, 0.717) is 0 Å².